The monoisotopic (exact) mass is 571 g/mol. The minimum Gasteiger partial charge on any atom is -0.497 e. The van der Waals surface area contributed by atoms with Gasteiger partial charge in [0.1, 0.15) is 18.3 Å². The topological polar surface area (TPSA) is 54.8 Å². The quantitative estimate of drug-likeness (QED) is 0.238. The summed E-state index contributed by atoms with van der Waals surface area (Å²) in [5, 5.41) is 0. The Kier molecular flexibility index (Phi) is 7.65. The third-order valence-electron chi connectivity index (χ3n) is 6.92. The standard InChI is InChI=1S/C31H30BrN3O3/c1-3-4-19-33(31(37)24-10-5-6-11-25(24)32)21-29(36)35-27-13-8-7-12-26(27)34-20-9-14-28(34)30(35)22-15-17-23(38-2)18-16-22/h5-18,20,30H,3-4,19,21H2,1-2H3. The SMILES string of the molecule is CCCCN(CC(=O)N1c2ccccc2-n2cccc2C1c1ccc(OC)cc1)C(=O)c1ccccc1Br. The smallest absolute Gasteiger partial charge is 0.255 e. The van der Waals surface area contributed by atoms with E-state index in [1.807, 2.05) is 90.0 Å². The van der Waals surface area contributed by atoms with Gasteiger partial charge in [-0.1, -0.05) is 49.7 Å². The summed E-state index contributed by atoms with van der Waals surface area (Å²) in [6.45, 7) is 2.56. The molecule has 0 bridgehead atoms. The molecule has 0 fully saturated rings. The van der Waals surface area contributed by atoms with Gasteiger partial charge >= 0.3 is 0 Å². The Morgan fingerprint density at radius 1 is 0.921 bits per heavy atom. The molecule has 2 heterocycles. The van der Waals surface area contributed by atoms with Gasteiger partial charge in [0.25, 0.3) is 5.91 Å². The van der Waals surface area contributed by atoms with Crippen molar-refractivity contribution in [2.45, 2.75) is 25.8 Å². The van der Waals surface area contributed by atoms with Crippen molar-refractivity contribution in [2.75, 3.05) is 25.1 Å². The Labute approximate surface area is 231 Å². The van der Waals surface area contributed by atoms with Crippen molar-refractivity contribution >= 4 is 33.4 Å². The fourth-order valence-corrected chi connectivity index (χ4v) is 5.46. The number of benzene rings is 3. The van der Waals surface area contributed by atoms with Crippen LogP contribution in [0.5, 0.6) is 5.75 Å². The molecule has 0 N–H and O–H groups in total. The lowest BCUT2D eigenvalue weighted by Crippen LogP contribution is -2.47. The maximum atomic E-state index is 14.3. The lowest BCUT2D eigenvalue weighted by Gasteiger charge is -2.39. The number of carbonyl (C=O) groups is 2. The van der Waals surface area contributed by atoms with Crippen LogP contribution in [0.1, 0.15) is 47.4 Å². The van der Waals surface area contributed by atoms with Gasteiger partial charge in [0, 0.05) is 17.2 Å². The van der Waals surface area contributed by atoms with Crippen molar-refractivity contribution in [1.82, 2.24) is 9.47 Å². The Bertz CT molecular complexity index is 1450. The van der Waals surface area contributed by atoms with Gasteiger partial charge in [0.15, 0.2) is 0 Å². The third kappa shape index (κ3) is 4.86. The number of hydrogen-bond acceptors (Lipinski definition) is 3. The minimum atomic E-state index is -0.357. The molecule has 0 radical (unpaired) electrons. The van der Waals surface area contributed by atoms with E-state index in [9.17, 15) is 9.59 Å². The van der Waals surface area contributed by atoms with Crippen LogP contribution in [-0.2, 0) is 4.79 Å². The van der Waals surface area contributed by atoms with Gasteiger partial charge < -0.3 is 14.2 Å². The number of carbonyl (C=O) groups excluding carboxylic acids is 2. The molecule has 7 heteroatoms. The van der Waals surface area contributed by atoms with Crippen molar-refractivity contribution < 1.29 is 14.3 Å². The highest BCUT2D eigenvalue weighted by atomic mass is 79.9. The van der Waals surface area contributed by atoms with Gasteiger partial charge in [-0.25, -0.2) is 0 Å². The molecule has 1 atom stereocenters. The van der Waals surface area contributed by atoms with E-state index in [-0.39, 0.29) is 24.4 Å². The van der Waals surface area contributed by atoms with Crippen LogP contribution < -0.4 is 9.64 Å². The largest absolute Gasteiger partial charge is 0.497 e. The van der Waals surface area contributed by atoms with E-state index in [4.69, 9.17) is 4.74 Å². The molecular formula is C31H30BrN3O3. The first-order valence-electron chi connectivity index (χ1n) is 12.8. The zero-order valence-corrected chi connectivity index (χ0v) is 23.1. The van der Waals surface area contributed by atoms with Crippen LogP contribution in [0.4, 0.5) is 5.69 Å². The zero-order chi connectivity index (χ0) is 26.6. The van der Waals surface area contributed by atoms with Crippen molar-refractivity contribution in [3.8, 4) is 11.4 Å². The minimum absolute atomic E-state index is 0.0259. The average molecular weight is 573 g/mol. The summed E-state index contributed by atoms with van der Waals surface area (Å²) in [5.41, 5.74) is 4.25. The zero-order valence-electron chi connectivity index (χ0n) is 21.5. The molecule has 3 aromatic carbocycles. The van der Waals surface area contributed by atoms with Crippen molar-refractivity contribution in [3.63, 3.8) is 0 Å². The molecule has 0 saturated heterocycles. The number of amides is 2. The number of methoxy groups -OCH3 is 1. The van der Waals surface area contributed by atoms with E-state index < -0.39 is 0 Å². The molecular weight excluding hydrogens is 542 g/mol. The first-order valence-corrected chi connectivity index (χ1v) is 13.6. The van der Waals surface area contributed by atoms with Gasteiger partial charge in [0.2, 0.25) is 5.91 Å². The number of ether oxygens (including phenoxy) is 1. The van der Waals surface area contributed by atoms with Crippen LogP contribution in [0.25, 0.3) is 5.69 Å². The first-order chi connectivity index (χ1) is 18.5. The predicted octanol–water partition coefficient (Wildman–Crippen LogP) is 6.63. The van der Waals surface area contributed by atoms with Crippen LogP contribution in [0.2, 0.25) is 0 Å². The van der Waals surface area contributed by atoms with Gasteiger partial charge in [-0.2, -0.15) is 0 Å². The third-order valence-corrected chi connectivity index (χ3v) is 7.61. The highest BCUT2D eigenvalue weighted by molar-refractivity contribution is 9.10. The fraction of sp³-hybridized carbons (Fsp3) is 0.226. The lowest BCUT2D eigenvalue weighted by atomic mass is 9.97. The first kappa shape index (κ1) is 25.8. The lowest BCUT2D eigenvalue weighted by molar-refractivity contribution is -0.119. The van der Waals surface area contributed by atoms with E-state index in [2.05, 4.69) is 27.4 Å². The molecule has 1 aliphatic rings. The summed E-state index contributed by atoms with van der Waals surface area (Å²) in [5.74, 6) is 0.458. The van der Waals surface area contributed by atoms with Crippen LogP contribution in [0, 0.1) is 0 Å². The fourth-order valence-electron chi connectivity index (χ4n) is 5.01. The van der Waals surface area contributed by atoms with Gasteiger partial charge in [0.05, 0.1) is 29.7 Å². The normalized spacial score (nSPS) is 14.0. The maximum absolute atomic E-state index is 14.3. The average Bonchev–Trinajstić information content (AvgIpc) is 3.44. The van der Waals surface area contributed by atoms with E-state index in [1.165, 1.54) is 0 Å². The Morgan fingerprint density at radius 2 is 1.63 bits per heavy atom. The molecule has 0 saturated carbocycles. The van der Waals surface area contributed by atoms with Crippen LogP contribution in [0.15, 0.2) is 95.6 Å². The maximum Gasteiger partial charge on any atom is 0.255 e. The van der Waals surface area contributed by atoms with Gasteiger partial charge in [-0.3, -0.25) is 14.5 Å². The summed E-state index contributed by atoms with van der Waals surface area (Å²) in [6, 6.07) is 26.8. The molecule has 6 nitrogen and oxygen atoms in total. The number of aromatic nitrogens is 1. The molecule has 1 aromatic heterocycles. The van der Waals surface area contributed by atoms with E-state index in [1.54, 1.807) is 18.1 Å². The molecule has 1 aliphatic heterocycles. The highest BCUT2D eigenvalue weighted by Crippen LogP contribution is 2.42. The number of rotatable bonds is 8. The van der Waals surface area contributed by atoms with Crippen LogP contribution in [-0.4, -0.2) is 41.5 Å². The van der Waals surface area contributed by atoms with E-state index >= 15 is 0 Å². The number of para-hydroxylation sites is 2. The number of hydrogen-bond donors (Lipinski definition) is 0. The van der Waals surface area contributed by atoms with Crippen molar-refractivity contribution in [3.05, 3.63) is 112 Å². The summed E-state index contributed by atoms with van der Waals surface area (Å²) in [7, 11) is 1.64. The molecule has 194 valence electrons. The molecule has 4 aromatic rings. The molecule has 1 unspecified atom stereocenters. The molecule has 0 aliphatic carbocycles. The summed E-state index contributed by atoms with van der Waals surface area (Å²) in [6.07, 6.45) is 3.75. The molecule has 38 heavy (non-hydrogen) atoms. The summed E-state index contributed by atoms with van der Waals surface area (Å²) >= 11 is 3.51. The Hall–Kier alpha value is -3.84. The van der Waals surface area contributed by atoms with Crippen LogP contribution in [0.3, 0.4) is 0 Å². The van der Waals surface area contributed by atoms with Crippen LogP contribution >= 0.6 is 15.9 Å². The summed E-state index contributed by atoms with van der Waals surface area (Å²) in [4.78, 5) is 31.4. The van der Waals surface area contributed by atoms with Crippen molar-refractivity contribution in [1.29, 1.82) is 0 Å². The van der Waals surface area contributed by atoms with Gasteiger partial charge in [-0.05, 0) is 76.4 Å². The second kappa shape index (κ2) is 11.3. The number of unbranched alkanes of at least 4 members (excludes halogenated alkanes) is 1. The Morgan fingerprint density at radius 3 is 2.34 bits per heavy atom. The molecule has 5 rings (SSSR count). The molecule has 2 amide bonds. The van der Waals surface area contributed by atoms with Crippen molar-refractivity contribution in [2.24, 2.45) is 0 Å². The predicted molar refractivity (Wildman–Crippen MR) is 153 cm³/mol. The number of anilines is 1. The number of nitrogens with zero attached hydrogens (tertiary/aromatic N) is 3. The van der Waals surface area contributed by atoms with E-state index in [0.717, 1.165) is 45.7 Å². The Balaban J connectivity index is 1.56. The molecule has 0 spiro atoms. The van der Waals surface area contributed by atoms with Gasteiger partial charge in [-0.15, -0.1) is 0 Å². The second-order valence-corrected chi connectivity index (χ2v) is 10.1. The second-order valence-electron chi connectivity index (χ2n) is 9.29. The van der Waals surface area contributed by atoms with E-state index in [0.29, 0.717) is 12.1 Å². The number of fused-ring (bicyclic) bond motifs is 3. The number of halogens is 1. The highest BCUT2D eigenvalue weighted by Gasteiger charge is 2.37. The summed E-state index contributed by atoms with van der Waals surface area (Å²) < 4.78 is 8.23.